The molecule has 0 aliphatic rings. The highest BCUT2D eigenvalue weighted by molar-refractivity contribution is 5.57. The molecule has 0 saturated carbocycles. The fraction of sp³-hybridized carbons (Fsp3) is 0.125. The Morgan fingerprint density at radius 2 is 2.15 bits per heavy atom. The fourth-order valence-corrected chi connectivity index (χ4v) is 0.838. The lowest BCUT2D eigenvalue weighted by Gasteiger charge is -2.02. The maximum absolute atomic E-state index is 12.9. The summed E-state index contributed by atoms with van der Waals surface area (Å²) in [6.45, 7) is 0. The van der Waals surface area contributed by atoms with Gasteiger partial charge in [0.1, 0.15) is 23.2 Å². The lowest BCUT2D eigenvalue weighted by atomic mass is 10.2. The summed E-state index contributed by atoms with van der Waals surface area (Å²) < 4.78 is 17.7. The van der Waals surface area contributed by atoms with Gasteiger partial charge >= 0.3 is 0 Å². The van der Waals surface area contributed by atoms with Gasteiger partial charge in [0.15, 0.2) is 0 Å². The van der Waals surface area contributed by atoms with Gasteiger partial charge in [-0.05, 0) is 0 Å². The van der Waals surface area contributed by atoms with Crippen molar-refractivity contribution in [2.75, 3.05) is 12.8 Å². The molecule has 0 aliphatic carbocycles. The summed E-state index contributed by atoms with van der Waals surface area (Å²) in [5, 5.41) is 8.45. The fourth-order valence-electron chi connectivity index (χ4n) is 0.838. The summed E-state index contributed by atoms with van der Waals surface area (Å²) in [7, 11) is 1.40. The number of anilines is 1. The first kappa shape index (κ1) is 11.2. The summed E-state index contributed by atoms with van der Waals surface area (Å²) in [6.07, 6.45) is 0. The van der Waals surface area contributed by atoms with E-state index < -0.39 is 5.82 Å². The monoisotopic (exact) mass is 183 g/mol. The third-order valence-electron chi connectivity index (χ3n) is 1.44. The van der Waals surface area contributed by atoms with Gasteiger partial charge in [-0.2, -0.15) is 5.26 Å². The standard InChI is InChI=1S/C8H7FN2O.H3N/c1-12-5-2-7(9)6(4-10)8(11)3-5;/h2-3H,11H2,1H3;1H3. The van der Waals surface area contributed by atoms with Gasteiger partial charge in [0, 0.05) is 12.1 Å². The summed E-state index contributed by atoms with van der Waals surface area (Å²) in [5.41, 5.74) is 5.32. The lowest BCUT2D eigenvalue weighted by Crippen LogP contribution is -1.95. The quantitative estimate of drug-likeness (QED) is 0.644. The van der Waals surface area contributed by atoms with Crippen molar-refractivity contribution < 1.29 is 9.13 Å². The van der Waals surface area contributed by atoms with Crippen molar-refractivity contribution in [3.05, 3.63) is 23.5 Å². The molecule has 0 aliphatic heterocycles. The number of methoxy groups -OCH3 is 1. The van der Waals surface area contributed by atoms with Crippen LogP contribution in [0, 0.1) is 17.1 Å². The molecular formula is C8H10FN3O. The van der Waals surface area contributed by atoms with Crippen LogP contribution in [-0.2, 0) is 0 Å². The average molecular weight is 183 g/mol. The number of hydrogen-bond donors (Lipinski definition) is 2. The molecule has 0 amide bonds. The maximum atomic E-state index is 12.9. The van der Waals surface area contributed by atoms with Gasteiger partial charge in [-0.25, -0.2) is 4.39 Å². The van der Waals surface area contributed by atoms with E-state index in [-0.39, 0.29) is 17.4 Å². The van der Waals surface area contributed by atoms with Crippen molar-refractivity contribution in [2.24, 2.45) is 0 Å². The first-order chi connectivity index (χ1) is 5.69. The minimum Gasteiger partial charge on any atom is -0.497 e. The second-order valence-corrected chi connectivity index (χ2v) is 2.19. The van der Waals surface area contributed by atoms with Crippen molar-refractivity contribution in [2.45, 2.75) is 0 Å². The second-order valence-electron chi connectivity index (χ2n) is 2.19. The van der Waals surface area contributed by atoms with Crippen LogP contribution in [-0.4, -0.2) is 7.11 Å². The number of rotatable bonds is 1. The molecule has 5 N–H and O–H groups in total. The van der Waals surface area contributed by atoms with E-state index in [1.54, 1.807) is 6.07 Å². The number of nitrogens with two attached hydrogens (primary N) is 1. The minimum absolute atomic E-state index is 0. The third-order valence-corrected chi connectivity index (χ3v) is 1.44. The number of nitrogens with zero attached hydrogens (tertiary/aromatic N) is 1. The van der Waals surface area contributed by atoms with Crippen molar-refractivity contribution >= 4 is 5.69 Å². The Labute approximate surface area is 75.3 Å². The number of benzene rings is 1. The van der Waals surface area contributed by atoms with Gasteiger partial charge < -0.3 is 16.6 Å². The van der Waals surface area contributed by atoms with Crippen LogP contribution < -0.4 is 16.6 Å². The number of ether oxygens (including phenoxy) is 1. The predicted octanol–water partition coefficient (Wildman–Crippen LogP) is 1.45. The lowest BCUT2D eigenvalue weighted by molar-refractivity contribution is 0.411. The van der Waals surface area contributed by atoms with Crippen molar-refractivity contribution in [1.29, 1.82) is 5.26 Å². The van der Waals surface area contributed by atoms with Gasteiger partial charge in [-0.3, -0.25) is 0 Å². The Morgan fingerprint density at radius 3 is 2.54 bits per heavy atom. The Kier molecular flexibility index (Phi) is 3.69. The molecule has 4 nitrogen and oxygen atoms in total. The highest BCUT2D eigenvalue weighted by atomic mass is 19.1. The van der Waals surface area contributed by atoms with Crippen LogP contribution in [0.3, 0.4) is 0 Å². The van der Waals surface area contributed by atoms with Crippen molar-refractivity contribution in [3.63, 3.8) is 0 Å². The van der Waals surface area contributed by atoms with E-state index in [1.807, 2.05) is 0 Å². The molecule has 0 saturated heterocycles. The molecule has 0 unspecified atom stereocenters. The van der Waals surface area contributed by atoms with E-state index in [2.05, 4.69) is 0 Å². The van der Waals surface area contributed by atoms with Crippen LogP contribution in [0.5, 0.6) is 5.75 Å². The largest absolute Gasteiger partial charge is 0.497 e. The van der Waals surface area contributed by atoms with Gasteiger partial charge in [0.2, 0.25) is 0 Å². The molecule has 0 fully saturated rings. The van der Waals surface area contributed by atoms with Crippen LogP contribution in [0.25, 0.3) is 0 Å². The Hall–Kier alpha value is -1.80. The van der Waals surface area contributed by atoms with Crippen LogP contribution >= 0.6 is 0 Å². The van der Waals surface area contributed by atoms with Gasteiger partial charge in [-0.1, -0.05) is 0 Å². The summed E-state index contributed by atoms with van der Waals surface area (Å²) in [5.74, 6) is -0.349. The Balaban J connectivity index is 0.00000144. The molecule has 0 spiro atoms. The first-order valence-corrected chi connectivity index (χ1v) is 3.22. The third kappa shape index (κ3) is 2.07. The number of nitriles is 1. The average Bonchev–Trinajstić information content (AvgIpc) is 2.03. The summed E-state index contributed by atoms with van der Waals surface area (Å²) >= 11 is 0. The summed E-state index contributed by atoms with van der Waals surface area (Å²) in [6, 6.07) is 4.18. The number of halogens is 1. The molecule has 13 heavy (non-hydrogen) atoms. The molecule has 1 aromatic rings. The second kappa shape index (κ2) is 4.28. The molecule has 0 heterocycles. The zero-order valence-corrected chi connectivity index (χ0v) is 7.17. The van der Waals surface area contributed by atoms with Crippen LogP contribution in [0.1, 0.15) is 5.56 Å². The highest BCUT2D eigenvalue weighted by Crippen LogP contribution is 2.22. The SMILES string of the molecule is COc1cc(N)c(C#N)c(F)c1.N. The van der Waals surface area contributed by atoms with Crippen LogP contribution in [0.15, 0.2) is 12.1 Å². The highest BCUT2D eigenvalue weighted by Gasteiger charge is 2.07. The summed E-state index contributed by atoms with van der Waals surface area (Å²) in [4.78, 5) is 0. The predicted molar refractivity (Wildman–Crippen MR) is 47.1 cm³/mol. The van der Waals surface area contributed by atoms with Crippen LogP contribution in [0.4, 0.5) is 10.1 Å². The topological polar surface area (TPSA) is 94.0 Å². The maximum Gasteiger partial charge on any atom is 0.146 e. The van der Waals surface area contributed by atoms with E-state index in [1.165, 1.54) is 13.2 Å². The van der Waals surface area contributed by atoms with E-state index in [4.69, 9.17) is 15.7 Å². The molecular weight excluding hydrogens is 173 g/mol. The zero-order valence-electron chi connectivity index (χ0n) is 7.17. The van der Waals surface area contributed by atoms with E-state index in [0.29, 0.717) is 5.75 Å². The number of nitrogen functional groups attached to an aromatic ring is 1. The smallest absolute Gasteiger partial charge is 0.146 e. The normalized spacial score (nSPS) is 8.38. The molecule has 70 valence electrons. The molecule has 0 bridgehead atoms. The first-order valence-electron chi connectivity index (χ1n) is 3.22. The van der Waals surface area contributed by atoms with Gasteiger partial charge in [0.25, 0.3) is 0 Å². The number of hydrogen-bond acceptors (Lipinski definition) is 4. The van der Waals surface area contributed by atoms with E-state index >= 15 is 0 Å². The van der Waals surface area contributed by atoms with Crippen molar-refractivity contribution in [1.82, 2.24) is 6.15 Å². The Bertz CT molecular complexity index is 323. The van der Waals surface area contributed by atoms with Crippen molar-refractivity contribution in [3.8, 4) is 11.8 Å². The van der Waals surface area contributed by atoms with Gasteiger partial charge in [-0.15, -0.1) is 0 Å². The molecule has 0 atom stereocenters. The molecule has 1 aromatic carbocycles. The molecule has 5 heteroatoms. The minimum atomic E-state index is -0.658. The molecule has 0 radical (unpaired) electrons. The van der Waals surface area contributed by atoms with Gasteiger partial charge in [0.05, 0.1) is 12.8 Å². The van der Waals surface area contributed by atoms with Crippen LogP contribution in [0.2, 0.25) is 0 Å². The van der Waals surface area contributed by atoms with E-state index in [9.17, 15) is 4.39 Å². The molecule has 1 rings (SSSR count). The molecule has 0 aromatic heterocycles. The zero-order chi connectivity index (χ0) is 9.14. The Morgan fingerprint density at radius 1 is 1.54 bits per heavy atom. The van der Waals surface area contributed by atoms with E-state index in [0.717, 1.165) is 6.07 Å².